The molecule has 1 atom stereocenters. The molecule has 1 heterocycles. The Labute approximate surface area is 142 Å². The maximum absolute atomic E-state index is 12.9. The Morgan fingerprint density at radius 1 is 1.21 bits per heavy atom. The average molecular weight is 338 g/mol. The monoisotopic (exact) mass is 338 g/mol. The molecule has 0 aliphatic rings. The smallest absolute Gasteiger partial charge is 0.354 e. The zero-order chi connectivity index (χ0) is 18.4. The molecular weight excluding hydrogens is 312 g/mol. The predicted molar refractivity (Wildman–Crippen MR) is 89.3 cm³/mol. The zero-order valence-corrected chi connectivity index (χ0v) is 15.2. The lowest BCUT2D eigenvalue weighted by Crippen LogP contribution is -2.45. The van der Waals surface area contributed by atoms with E-state index in [0.717, 1.165) is 0 Å². The van der Waals surface area contributed by atoms with Crippen molar-refractivity contribution in [1.82, 2.24) is 9.88 Å². The number of hydrogen-bond acceptors (Lipinski definition) is 5. The van der Waals surface area contributed by atoms with Crippen LogP contribution in [0.4, 0.5) is 0 Å². The van der Waals surface area contributed by atoms with Gasteiger partial charge < -0.3 is 19.4 Å². The van der Waals surface area contributed by atoms with Crippen LogP contribution in [0.2, 0.25) is 0 Å². The van der Waals surface area contributed by atoms with Gasteiger partial charge in [0, 0.05) is 31.3 Å². The number of Topliss-reactive ketones (excluding diaryl/α,β-unsaturated/α-hetero) is 1. The van der Waals surface area contributed by atoms with Gasteiger partial charge in [-0.2, -0.15) is 0 Å². The first-order valence-electron chi connectivity index (χ1n) is 7.90. The van der Waals surface area contributed by atoms with E-state index >= 15 is 0 Å². The Hall–Kier alpha value is -2.15. The van der Waals surface area contributed by atoms with E-state index in [1.807, 2.05) is 0 Å². The van der Waals surface area contributed by atoms with Crippen molar-refractivity contribution in [3.63, 3.8) is 0 Å². The lowest BCUT2D eigenvalue weighted by molar-refractivity contribution is -0.132. The van der Waals surface area contributed by atoms with E-state index < -0.39 is 12.0 Å². The van der Waals surface area contributed by atoms with Crippen LogP contribution in [0.15, 0.2) is 0 Å². The minimum atomic E-state index is -0.647. The van der Waals surface area contributed by atoms with Crippen molar-refractivity contribution in [2.75, 3.05) is 27.4 Å². The molecule has 0 bridgehead atoms. The minimum Gasteiger partial charge on any atom is -0.464 e. The number of carbonyl (C=O) groups is 3. The highest BCUT2D eigenvalue weighted by molar-refractivity contribution is 6.06. The number of nitrogens with zero attached hydrogens (tertiary/aromatic N) is 1. The third-order valence-corrected chi connectivity index (χ3v) is 4.08. The molecule has 1 N–H and O–H groups in total. The molecule has 1 amide bonds. The summed E-state index contributed by atoms with van der Waals surface area (Å²) in [4.78, 5) is 41.3. The van der Waals surface area contributed by atoms with Crippen LogP contribution >= 0.6 is 0 Å². The molecule has 1 aromatic heterocycles. The van der Waals surface area contributed by atoms with E-state index in [9.17, 15) is 14.4 Å². The van der Waals surface area contributed by atoms with E-state index in [1.165, 1.54) is 12.0 Å². The number of amides is 1. The molecule has 1 aromatic rings. The number of methoxy groups -OCH3 is 2. The van der Waals surface area contributed by atoms with Gasteiger partial charge in [-0.3, -0.25) is 9.59 Å². The minimum absolute atomic E-state index is 0.119. The average Bonchev–Trinajstić information content (AvgIpc) is 2.87. The van der Waals surface area contributed by atoms with E-state index in [4.69, 9.17) is 9.47 Å². The molecule has 0 spiro atoms. The molecule has 134 valence electrons. The van der Waals surface area contributed by atoms with Gasteiger partial charge in [0.15, 0.2) is 5.78 Å². The number of esters is 1. The highest BCUT2D eigenvalue weighted by Crippen LogP contribution is 2.22. The third-order valence-electron chi connectivity index (χ3n) is 4.08. The van der Waals surface area contributed by atoms with Crippen molar-refractivity contribution in [1.29, 1.82) is 0 Å². The summed E-state index contributed by atoms with van der Waals surface area (Å²) in [5.74, 6) is -0.857. The molecule has 0 aliphatic heterocycles. The molecule has 0 aromatic carbocycles. The number of aromatic nitrogens is 1. The Kier molecular flexibility index (Phi) is 7.16. The van der Waals surface area contributed by atoms with Crippen LogP contribution in [0.25, 0.3) is 0 Å². The van der Waals surface area contributed by atoms with Crippen LogP contribution in [-0.4, -0.2) is 61.0 Å². The molecule has 0 saturated heterocycles. The highest BCUT2D eigenvalue weighted by Gasteiger charge is 2.30. The van der Waals surface area contributed by atoms with E-state index in [0.29, 0.717) is 36.4 Å². The first-order chi connectivity index (χ1) is 11.3. The van der Waals surface area contributed by atoms with Crippen molar-refractivity contribution in [2.45, 2.75) is 40.2 Å². The Morgan fingerprint density at radius 3 is 2.33 bits per heavy atom. The Morgan fingerprint density at radius 2 is 1.83 bits per heavy atom. The topological polar surface area (TPSA) is 88.7 Å². The van der Waals surface area contributed by atoms with Crippen LogP contribution in [0.3, 0.4) is 0 Å². The van der Waals surface area contributed by atoms with Gasteiger partial charge in [0.2, 0.25) is 5.91 Å². The van der Waals surface area contributed by atoms with Gasteiger partial charge in [0.05, 0.1) is 19.8 Å². The maximum atomic E-state index is 12.9. The van der Waals surface area contributed by atoms with E-state index in [-0.39, 0.29) is 17.4 Å². The third kappa shape index (κ3) is 4.03. The quantitative estimate of drug-likeness (QED) is 0.577. The first kappa shape index (κ1) is 19.9. The summed E-state index contributed by atoms with van der Waals surface area (Å²) < 4.78 is 9.75. The predicted octanol–water partition coefficient (Wildman–Crippen LogP) is 1.87. The summed E-state index contributed by atoms with van der Waals surface area (Å²) in [6.07, 6.45) is 0.305. The highest BCUT2D eigenvalue weighted by atomic mass is 16.5. The number of nitrogens with one attached hydrogen (secondary N) is 1. The van der Waals surface area contributed by atoms with Crippen LogP contribution < -0.4 is 0 Å². The molecule has 0 saturated carbocycles. The van der Waals surface area contributed by atoms with E-state index in [2.05, 4.69) is 4.98 Å². The standard InChI is InChI=1S/C17H26N2O5/c1-7-13(20)19(8-9-23-5)12(4)16(21)14-10(2)15(17(22)24-6)18-11(14)3/h12,18H,7-9H2,1-6H3. The molecule has 0 radical (unpaired) electrons. The largest absolute Gasteiger partial charge is 0.464 e. The van der Waals surface area contributed by atoms with Crippen LogP contribution in [0, 0.1) is 13.8 Å². The molecule has 0 aliphatic carbocycles. The van der Waals surface area contributed by atoms with Crippen LogP contribution in [-0.2, 0) is 14.3 Å². The number of carbonyl (C=O) groups excluding carboxylic acids is 3. The number of rotatable bonds is 8. The Bertz CT molecular complexity index is 621. The summed E-state index contributed by atoms with van der Waals surface area (Å²) in [6.45, 7) is 7.54. The van der Waals surface area contributed by atoms with Gasteiger partial charge >= 0.3 is 5.97 Å². The fraction of sp³-hybridized carbons (Fsp3) is 0.588. The van der Waals surface area contributed by atoms with Gasteiger partial charge in [-0.05, 0) is 26.3 Å². The molecule has 7 heteroatoms. The van der Waals surface area contributed by atoms with Gasteiger partial charge in [-0.25, -0.2) is 4.79 Å². The van der Waals surface area contributed by atoms with Crippen molar-refractivity contribution < 1.29 is 23.9 Å². The summed E-state index contributed by atoms with van der Waals surface area (Å²) in [5, 5.41) is 0. The normalized spacial score (nSPS) is 11.9. The molecule has 1 rings (SSSR count). The molecular formula is C17H26N2O5. The van der Waals surface area contributed by atoms with Gasteiger partial charge in [-0.15, -0.1) is 0 Å². The fourth-order valence-corrected chi connectivity index (χ4v) is 2.70. The summed E-state index contributed by atoms with van der Waals surface area (Å²) in [7, 11) is 2.83. The van der Waals surface area contributed by atoms with Crippen molar-refractivity contribution >= 4 is 17.7 Å². The number of hydrogen-bond donors (Lipinski definition) is 1. The fourth-order valence-electron chi connectivity index (χ4n) is 2.70. The first-order valence-corrected chi connectivity index (χ1v) is 7.90. The second kappa shape index (κ2) is 8.63. The van der Waals surface area contributed by atoms with Crippen molar-refractivity contribution in [3.8, 4) is 0 Å². The lowest BCUT2D eigenvalue weighted by atomic mass is 9.99. The van der Waals surface area contributed by atoms with Crippen molar-refractivity contribution in [2.24, 2.45) is 0 Å². The second-order valence-electron chi connectivity index (χ2n) is 5.59. The molecule has 7 nitrogen and oxygen atoms in total. The Balaban J connectivity index is 3.17. The number of ether oxygens (including phenoxy) is 2. The molecule has 0 fully saturated rings. The zero-order valence-electron chi connectivity index (χ0n) is 15.2. The van der Waals surface area contributed by atoms with Crippen molar-refractivity contribution in [3.05, 3.63) is 22.5 Å². The lowest BCUT2D eigenvalue weighted by Gasteiger charge is -2.28. The van der Waals surface area contributed by atoms with Crippen LogP contribution in [0.1, 0.15) is 52.4 Å². The number of aryl methyl sites for hydroxylation is 1. The SMILES string of the molecule is CCC(=O)N(CCOC)C(C)C(=O)c1c(C)[nH]c(C(=O)OC)c1C. The summed E-state index contributed by atoms with van der Waals surface area (Å²) >= 11 is 0. The van der Waals surface area contributed by atoms with Crippen LogP contribution in [0.5, 0.6) is 0 Å². The number of aromatic amines is 1. The summed E-state index contributed by atoms with van der Waals surface area (Å²) in [5.41, 5.74) is 1.80. The maximum Gasteiger partial charge on any atom is 0.354 e. The number of H-pyrrole nitrogens is 1. The van der Waals surface area contributed by atoms with Gasteiger partial charge in [-0.1, -0.05) is 6.92 Å². The van der Waals surface area contributed by atoms with Gasteiger partial charge in [0.1, 0.15) is 5.69 Å². The van der Waals surface area contributed by atoms with E-state index in [1.54, 1.807) is 34.8 Å². The number of ketones is 1. The van der Waals surface area contributed by atoms with Gasteiger partial charge in [0.25, 0.3) is 0 Å². The molecule has 1 unspecified atom stereocenters. The molecule has 24 heavy (non-hydrogen) atoms. The second-order valence-corrected chi connectivity index (χ2v) is 5.59. The summed E-state index contributed by atoms with van der Waals surface area (Å²) in [6, 6.07) is -0.647.